The van der Waals surface area contributed by atoms with E-state index < -0.39 is 0 Å². The largest absolute Gasteiger partial charge is 0.366 e. The average molecular weight is 597 g/mol. The first-order valence-electron chi connectivity index (χ1n) is 12.0. The summed E-state index contributed by atoms with van der Waals surface area (Å²) in [6, 6.07) is 10.7. The van der Waals surface area contributed by atoms with Gasteiger partial charge in [-0.05, 0) is 62.7 Å². The lowest BCUT2D eigenvalue weighted by Crippen LogP contribution is -2.39. The highest BCUT2D eigenvalue weighted by atomic mass is 79.9. The highest BCUT2D eigenvalue weighted by molar-refractivity contribution is 9.10. The van der Waals surface area contributed by atoms with Gasteiger partial charge in [0.1, 0.15) is 5.69 Å². The van der Waals surface area contributed by atoms with Crippen LogP contribution in [0, 0.1) is 10.1 Å². The molecular formula is C25H31BrClN5O3S. The summed E-state index contributed by atoms with van der Waals surface area (Å²) in [7, 11) is 0. The summed E-state index contributed by atoms with van der Waals surface area (Å²) >= 11 is 4.95. The molecule has 1 amide bonds. The lowest BCUT2D eigenvalue weighted by Gasteiger charge is -2.28. The van der Waals surface area contributed by atoms with Gasteiger partial charge in [0.15, 0.2) is 5.13 Å². The summed E-state index contributed by atoms with van der Waals surface area (Å²) in [6.45, 7) is 8.66. The van der Waals surface area contributed by atoms with Crippen LogP contribution < -0.4 is 9.80 Å². The van der Waals surface area contributed by atoms with Crippen molar-refractivity contribution in [2.24, 2.45) is 0 Å². The molecule has 8 nitrogen and oxygen atoms in total. The van der Waals surface area contributed by atoms with Crippen LogP contribution in [-0.4, -0.2) is 60.0 Å². The van der Waals surface area contributed by atoms with Gasteiger partial charge in [-0.2, -0.15) is 0 Å². The first-order valence-corrected chi connectivity index (χ1v) is 13.7. The van der Waals surface area contributed by atoms with E-state index in [9.17, 15) is 14.9 Å². The molecule has 3 aromatic rings. The number of thiazole rings is 1. The molecule has 1 saturated heterocycles. The van der Waals surface area contributed by atoms with E-state index in [1.165, 1.54) is 17.4 Å². The Morgan fingerprint density at radius 2 is 1.83 bits per heavy atom. The molecule has 0 atom stereocenters. The minimum Gasteiger partial charge on any atom is -0.366 e. The molecule has 0 radical (unpaired) electrons. The van der Waals surface area contributed by atoms with Crippen LogP contribution in [0.15, 0.2) is 40.9 Å². The van der Waals surface area contributed by atoms with E-state index in [4.69, 9.17) is 4.98 Å². The lowest BCUT2D eigenvalue weighted by atomic mass is 10.1. The Kier molecular flexibility index (Phi) is 10.1. The van der Waals surface area contributed by atoms with Crippen molar-refractivity contribution in [3.05, 3.63) is 56.5 Å². The van der Waals surface area contributed by atoms with Gasteiger partial charge in [-0.15, -0.1) is 12.4 Å². The number of rotatable bonds is 9. The SMILES string of the molecule is CCN(CC)CCN(C(=O)c1ccc(N2CCCCC2)c([N+](=O)[O-])c1)c1nc2ccc(Br)cc2s1.Cl. The number of aromatic nitrogens is 1. The van der Waals surface area contributed by atoms with Crippen LogP contribution in [0.2, 0.25) is 0 Å². The van der Waals surface area contributed by atoms with Crippen LogP contribution in [-0.2, 0) is 0 Å². The van der Waals surface area contributed by atoms with Crippen molar-refractivity contribution < 1.29 is 9.72 Å². The second kappa shape index (κ2) is 12.8. The maximum Gasteiger partial charge on any atom is 0.293 e. The van der Waals surface area contributed by atoms with E-state index in [0.29, 0.717) is 29.5 Å². The number of halogens is 2. The molecule has 1 aliphatic heterocycles. The van der Waals surface area contributed by atoms with Gasteiger partial charge in [-0.3, -0.25) is 19.8 Å². The highest BCUT2D eigenvalue weighted by Gasteiger charge is 2.27. The number of carbonyl (C=O) groups excluding carboxylic acids is 1. The molecule has 0 N–H and O–H groups in total. The third-order valence-electron chi connectivity index (χ3n) is 6.47. The summed E-state index contributed by atoms with van der Waals surface area (Å²) in [5.41, 5.74) is 1.69. The minimum absolute atomic E-state index is 0. The fraction of sp³-hybridized carbons (Fsp3) is 0.440. The summed E-state index contributed by atoms with van der Waals surface area (Å²) in [6.07, 6.45) is 3.18. The number of fused-ring (bicyclic) bond motifs is 1. The van der Waals surface area contributed by atoms with Gasteiger partial charge in [0, 0.05) is 42.3 Å². The number of likely N-dealkylation sites (N-methyl/N-ethyl adjacent to an activating group) is 1. The van der Waals surface area contributed by atoms with Crippen molar-refractivity contribution in [2.75, 3.05) is 49.1 Å². The molecule has 4 rings (SSSR count). The fourth-order valence-corrected chi connectivity index (χ4v) is 5.97. The maximum atomic E-state index is 13.8. The number of hydrogen-bond donors (Lipinski definition) is 0. The number of carbonyl (C=O) groups is 1. The number of piperidine rings is 1. The zero-order valence-corrected chi connectivity index (χ0v) is 23.7. The van der Waals surface area contributed by atoms with Crippen molar-refractivity contribution in [3.63, 3.8) is 0 Å². The molecule has 194 valence electrons. The van der Waals surface area contributed by atoms with E-state index in [1.54, 1.807) is 17.0 Å². The molecule has 1 fully saturated rings. The Hall–Kier alpha value is -2.27. The summed E-state index contributed by atoms with van der Waals surface area (Å²) in [5, 5.41) is 12.5. The summed E-state index contributed by atoms with van der Waals surface area (Å²) in [4.78, 5) is 36.0. The van der Waals surface area contributed by atoms with Gasteiger partial charge >= 0.3 is 0 Å². The molecule has 1 aliphatic rings. The minimum atomic E-state index is -0.379. The van der Waals surface area contributed by atoms with Crippen molar-refractivity contribution in [1.29, 1.82) is 0 Å². The number of nitro groups is 1. The fourth-order valence-electron chi connectivity index (χ4n) is 4.43. The van der Waals surface area contributed by atoms with Crippen molar-refractivity contribution in [2.45, 2.75) is 33.1 Å². The number of benzene rings is 2. The van der Waals surface area contributed by atoms with E-state index >= 15 is 0 Å². The predicted octanol–water partition coefficient (Wildman–Crippen LogP) is 6.37. The van der Waals surface area contributed by atoms with Crippen LogP contribution in [0.4, 0.5) is 16.5 Å². The normalized spacial score (nSPS) is 13.6. The standard InChI is InChI=1S/C25H30BrN5O3S.ClH/c1-3-28(4-2)14-15-30(25-27-20-10-9-19(26)17-23(20)35-25)24(32)18-8-11-21(22(16-18)31(33)34)29-12-6-5-7-13-29;/h8-11,16-17H,3-7,12-15H2,1-2H3;1H. The van der Waals surface area contributed by atoms with Crippen LogP contribution >= 0.6 is 39.7 Å². The highest BCUT2D eigenvalue weighted by Crippen LogP contribution is 2.34. The number of nitrogens with zero attached hydrogens (tertiary/aromatic N) is 5. The van der Waals surface area contributed by atoms with Crippen molar-refractivity contribution >= 4 is 72.3 Å². The molecule has 2 heterocycles. The lowest BCUT2D eigenvalue weighted by molar-refractivity contribution is -0.384. The second-order valence-electron chi connectivity index (χ2n) is 8.60. The Bertz CT molecular complexity index is 1210. The molecule has 0 saturated carbocycles. The zero-order valence-electron chi connectivity index (χ0n) is 20.5. The van der Waals surface area contributed by atoms with Gasteiger partial charge in [0.2, 0.25) is 0 Å². The maximum absolute atomic E-state index is 13.8. The summed E-state index contributed by atoms with van der Waals surface area (Å²) < 4.78 is 1.92. The quantitative estimate of drug-likeness (QED) is 0.211. The van der Waals surface area contributed by atoms with E-state index in [-0.39, 0.29) is 28.9 Å². The Labute approximate surface area is 230 Å². The van der Waals surface area contributed by atoms with E-state index in [0.717, 1.165) is 60.1 Å². The molecule has 1 aromatic heterocycles. The first kappa shape index (κ1) is 28.3. The predicted molar refractivity (Wildman–Crippen MR) is 153 cm³/mol. The molecule has 2 aromatic carbocycles. The van der Waals surface area contributed by atoms with Gasteiger partial charge in [0.05, 0.1) is 15.1 Å². The third kappa shape index (κ3) is 6.34. The van der Waals surface area contributed by atoms with Gasteiger partial charge in [-0.25, -0.2) is 4.98 Å². The molecule has 0 spiro atoms. The number of hydrogen-bond acceptors (Lipinski definition) is 7. The topological polar surface area (TPSA) is 82.8 Å². The van der Waals surface area contributed by atoms with Crippen LogP contribution in [0.5, 0.6) is 0 Å². The molecule has 36 heavy (non-hydrogen) atoms. The van der Waals surface area contributed by atoms with E-state index in [2.05, 4.69) is 39.6 Å². The monoisotopic (exact) mass is 595 g/mol. The van der Waals surface area contributed by atoms with Crippen LogP contribution in [0.25, 0.3) is 10.2 Å². The first-order chi connectivity index (χ1) is 16.9. The van der Waals surface area contributed by atoms with Crippen LogP contribution in [0.1, 0.15) is 43.5 Å². The molecule has 0 bridgehead atoms. The Morgan fingerprint density at radius 1 is 1.11 bits per heavy atom. The van der Waals surface area contributed by atoms with Gasteiger partial charge < -0.3 is 9.80 Å². The molecular weight excluding hydrogens is 566 g/mol. The molecule has 0 aliphatic carbocycles. The van der Waals surface area contributed by atoms with Crippen molar-refractivity contribution in [1.82, 2.24) is 9.88 Å². The second-order valence-corrected chi connectivity index (χ2v) is 10.5. The third-order valence-corrected chi connectivity index (χ3v) is 8.00. The van der Waals surface area contributed by atoms with Crippen molar-refractivity contribution in [3.8, 4) is 0 Å². The Morgan fingerprint density at radius 3 is 2.50 bits per heavy atom. The molecule has 11 heteroatoms. The van der Waals surface area contributed by atoms with Crippen LogP contribution in [0.3, 0.4) is 0 Å². The van der Waals surface area contributed by atoms with Gasteiger partial charge in [-0.1, -0.05) is 41.1 Å². The van der Waals surface area contributed by atoms with Gasteiger partial charge in [0.25, 0.3) is 11.6 Å². The summed E-state index contributed by atoms with van der Waals surface area (Å²) in [5.74, 6) is -0.274. The Balaban J connectivity index is 0.00000361. The molecule has 0 unspecified atom stereocenters. The zero-order chi connectivity index (χ0) is 24.9. The number of anilines is 2. The number of nitro benzene ring substituents is 1. The smallest absolute Gasteiger partial charge is 0.293 e. The van der Waals surface area contributed by atoms with E-state index in [1.807, 2.05) is 18.2 Å². The number of amides is 1. The average Bonchev–Trinajstić information content (AvgIpc) is 3.29.